The van der Waals surface area contributed by atoms with Crippen LogP contribution in [0.25, 0.3) is 0 Å². The molecule has 1 aliphatic rings. The van der Waals surface area contributed by atoms with Crippen molar-refractivity contribution in [2.45, 2.75) is 34.2 Å². The molecule has 0 saturated carbocycles. The molecule has 0 spiro atoms. The van der Waals surface area contributed by atoms with Crippen LogP contribution in [0.1, 0.15) is 38.3 Å². The fourth-order valence-corrected chi connectivity index (χ4v) is 4.47. The second-order valence-corrected chi connectivity index (χ2v) is 8.75. The van der Waals surface area contributed by atoms with Crippen molar-refractivity contribution in [3.8, 4) is 0 Å². The number of aromatic nitrogens is 2. The van der Waals surface area contributed by atoms with Gasteiger partial charge in [0.1, 0.15) is 5.15 Å². The second-order valence-electron chi connectivity index (χ2n) is 8.39. The standard InChI is InChI=1S/C25H29ClN4O/c1-17-8-10-21(11-9-17)16-30-24(26)23(20(4)27-30)25(31)29-14-12-28(13-15-29)22-7-5-6-18(2)19(22)3/h5-11H,12-16H2,1-4H3. The predicted octanol–water partition coefficient (Wildman–Crippen LogP) is 4.78. The summed E-state index contributed by atoms with van der Waals surface area (Å²) in [5.74, 6) is -0.0294. The van der Waals surface area contributed by atoms with Crippen molar-refractivity contribution in [1.82, 2.24) is 14.7 Å². The molecule has 31 heavy (non-hydrogen) atoms. The van der Waals surface area contributed by atoms with Crippen molar-refractivity contribution in [2.75, 3.05) is 31.1 Å². The van der Waals surface area contributed by atoms with Crippen molar-refractivity contribution < 1.29 is 4.79 Å². The number of hydrogen-bond acceptors (Lipinski definition) is 3. The number of anilines is 1. The summed E-state index contributed by atoms with van der Waals surface area (Å²) in [4.78, 5) is 17.5. The number of aryl methyl sites for hydroxylation is 3. The lowest BCUT2D eigenvalue weighted by molar-refractivity contribution is 0.0746. The van der Waals surface area contributed by atoms with E-state index in [-0.39, 0.29) is 5.91 Å². The van der Waals surface area contributed by atoms with Crippen LogP contribution in [-0.2, 0) is 6.54 Å². The Balaban J connectivity index is 1.47. The van der Waals surface area contributed by atoms with Crippen LogP contribution in [0.5, 0.6) is 0 Å². The number of halogens is 1. The van der Waals surface area contributed by atoms with Crippen molar-refractivity contribution in [2.24, 2.45) is 0 Å². The molecule has 2 aromatic carbocycles. The summed E-state index contributed by atoms with van der Waals surface area (Å²) in [5.41, 5.74) is 7.37. The van der Waals surface area contributed by atoms with Gasteiger partial charge < -0.3 is 9.80 Å². The smallest absolute Gasteiger partial charge is 0.259 e. The highest BCUT2D eigenvalue weighted by Crippen LogP contribution is 2.26. The first kappa shape index (κ1) is 21.4. The summed E-state index contributed by atoms with van der Waals surface area (Å²) in [7, 11) is 0. The molecule has 1 aromatic heterocycles. The lowest BCUT2D eigenvalue weighted by Crippen LogP contribution is -2.49. The Bertz CT molecular complexity index is 1100. The molecule has 1 fully saturated rings. The molecule has 4 rings (SSSR count). The van der Waals surface area contributed by atoms with E-state index < -0.39 is 0 Å². The molecule has 0 unspecified atom stereocenters. The van der Waals surface area contributed by atoms with Crippen LogP contribution in [0.2, 0.25) is 5.15 Å². The average molecular weight is 437 g/mol. The number of piperazine rings is 1. The summed E-state index contributed by atoms with van der Waals surface area (Å²) in [6, 6.07) is 14.7. The Morgan fingerprint density at radius 1 is 0.968 bits per heavy atom. The van der Waals surface area contributed by atoms with Gasteiger partial charge in [-0.1, -0.05) is 53.6 Å². The third-order valence-electron chi connectivity index (χ3n) is 6.22. The Labute approximate surface area is 189 Å². The van der Waals surface area contributed by atoms with Crippen molar-refractivity contribution in [3.63, 3.8) is 0 Å². The van der Waals surface area contributed by atoms with Gasteiger partial charge in [-0.2, -0.15) is 5.10 Å². The number of rotatable bonds is 4. The van der Waals surface area contributed by atoms with Gasteiger partial charge in [-0.15, -0.1) is 0 Å². The van der Waals surface area contributed by atoms with Gasteiger partial charge >= 0.3 is 0 Å². The van der Waals surface area contributed by atoms with E-state index >= 15 is 0 Å². The molecule has 6 heteroatoms. The van der Waals surface area contributed by atoms with E-state index in [1.54, 1.807) is 4.68 Å². The van der Waals surface area contributed by atoms with E-state index in [2.05, 4.69) is 73.2 Å². The normalized spacial score (nSPS) is 14.2. The van der Waals surface area contributed by atoms with Crippen LogP contribution in [0.3, 0.4) is 0 Å². The van der Waals surface area contributed by atoms with Gasteiger partial charge in [-0.05, 0) is 50.5 Å². The fourth-order valence-electron chi connectivity index (χ4n) is 4.15. The molecule has 0 N–H and O–H groups in total. The van der Waals surface area contributed by atoms with Gasteiger partial charge in [0.15, 0.2) is 0 Å². The lowest BCUT2D eigenvalue weighted by atomic mass is 10.1. The molecule has 3 aromatic rings. The minimum Gasteiger partial charge on any atom is -0.368 e. The molecular formula is C25H29ClN4O. The van der Waals surface area contributed by atoms with Crippen LogP contribution >= 0.6 is 11.6 Å². The molecule has 0 aliphatic carbocycles. The fraction of sp³-hybridized carbons (Fsp3) is 0.360. The van der Waals surface area contributed by atoms with Crippen molar-refractivity contribution in [3.05, 3.63) is 81.1 Å². The molecule has 1 amide bonds. The van der Waals surface area contributed by atoms with Gasteiger partial charge in [0.25, 0.3) is 5.91 Å². The Hall–Kier alpha value is -2.79. The Morgan fingerprint density at radius 3 is 2.32 bits per heavy atom. The summed E-state index contributed by atoms with van der Waals surface area (Å²) < 4.78 is 1.72. The lowest BCUT2D eigenvalue weighted by Gasteiger charge is -2.37. The zero-order chi connectivity index (χ0) is 22.1. The third kappa shape index (κ3) is 4.33. The molecule has 2 heterocycles. The number of carbonyl (C=O) groups excluding carboxylic acids is 1. The van der Waals surface area contributed by atoms with E-state index in [0.717, 1.165) is 18.7 Å². The molecule has 0 bridgehead atoms. The number of nitrogens with zero attached hydrogens (tertiary/aromatic N) is 4. The van der Waals surface area contributed by atoms with Gasteiger partial charge in [0, 0.05) is 31.9 Å². The average Bonchev–Trinajstić information content (AvgIpc) is 3.04. The highest BCUT2D eigenvalue weighted by molar-refractivity contribution is 6.33. The molecule has 162 valence electrons. The van der Waals surface area contributed by atoms with E-state index in [1.165, 1.54) is 22.4 Å². The minimum atomic E-state index is -0.0294. The monoisotopic (exact) mass is 436 g/mol. The largest absolute Gasteiger partial charge is 0.368 e. The molecule has 0 atom stereocenters. The molecule has 5 nitrogen and oxygen atoms in total. The second kappa shape index (κ2) is 8.75. The Kier molecular flexibility index (Phi) is 6.05. The van der Waals surface area contributed by atoms with Crippen LogP contribution in [0, 0.1) is 27.7 Å². The highest BCUT2D eigenvalue weighted by Gasteiger charge is 2.28. The van der Waals surface area contributed by atoms with Crippen LogP contribution in [0.15, 0.2) is 42.5 Å². The first-order chi connectivity index (χ1) is 14.8. The third-order valence-corrected chi connectivity index (χ3v) is 6.60. The van der Waals surface area contributed by atoms with Crippen molar-refractivity contribution in [1.29, 1.82) is 0 Å². The maximum absolute atomic E-state index is 13.3. The number of carbonyl (C=O) groups is 1. The predicted molar refractivity (Wildman–Crippen MR) is 126 cm³/mol. The summed E-state index contributed by atoms with van der Waals surface area (Å²) >= 11 is 6.63. The van der Waals surface area contributed by atoms with E-state index in [0.29, 0.717) is 36.0 Å². The van der Waals surface area contributed by atoms with E-state index in [1.807, 2.05) is 11.8 Å². The molecular weight excluding hydrogens is 408 g/mol. The number of benzene rings is 2. The van der Waals surface area contributed by atoms with Gasteiger partial charge in [0.2, 0.25) is 0 Å². The van der Waals surface area contributed by atoms with Crippen LogP contribution in [0.4, 0.5) is 5.69 Å². The summed E-state index contributed by atoms with van der Waals surface area (Å²) in [6.45, 7) is 11.7. The van der Waals surface area contributed by atoms with Gasteiger partial charge in [-0.25, -0.2) is 4.68 Å². The maximum atomic E-state index is 13.3. The topological polar surface area (TPSA) is 41.4 Å². The number of hydrogen-bond donors (Lipinski definition) is 0. The zero-order valence-corrected chi connectivity index (χ0v) is 19.4. The van der Waals surface area contributed by atoms with Gasteiger partial charge in [-0.3, -0.25) is 4.79 Å². The minimum absolute atomic E-state index is 0.0294. The van der Waals surface area contributed by atoms with Crippen molar-refractivity contribution >= 4 is 23.2 Å². The molecule has 0 radical (unpaired) electrons. The molecule has 1 aliphatic heterocycles. The first-order valence-electron chi connectivity index (χ1n) is 10.7. The quantitative estimate of drug-likeness (QED) is 0.591. The number of amides is 1. The first-order valence-corrected chi connectivity index (χ1v) is 11.1. The van der Waals surface area contributed by atoms with Crippen LogP contribution in [-0.4, -0.2) is 46.8 Å². The summed E-state index contributed by atoms with van der Waals surface area (Å²) in [5, 5.41) is 4.97. The summed E-state index contributed by atoms with van der Waals surface area (Å²) in [6.07, 6.45) is 0. The Morgan fingerprint density at radius 2 is 1.65 bits per heavy atom. The highest BCUT2D eigenvalue weighted by atomic mass is 35.5. The van der Waals surface area contributed by atoms with E-state index in [9.17, 15) is 4.79 Å². The van der Waals surface area contributed by atoms with Gasteiger partial charge in [0.05, 0.1) is 17.8 Å². The maximum Gasteiger partial charge on any atom is 0.259 e. The zero-order valence-electron chi connectivity index (χ0n) is 18.7. The van der Waals surface area contributed by atoms with E-state index in [4.69, 9.17) is 11.6 Å². The molecule has 1 saturated heterocycles. The SMILES string of the molecule is Cc1ccc(Cn2nc(C)c(C(=O)N3CCN(c4cccc(C)c4C)CC3)c2Cl)cc1. The van der Waals surface area contributed by atoms with Crippen LogP contribution < -0.4 is 4.90 Å².